The number of hydrogen-bond donors (Lipinski definition) is 0. The quantitative estimate of drug-likeness (QED) is 0.413. The molecule has 0 fully saturated rings. The van der Waals surface area contributed by atoms with Gasteiger partial charge in [0.2, 0.25) is 0 Å². The molecular formula is C14H16NO2P. The number of nitrogens with zero attached hydrogens (tertiary/aromatic N) is 1. The zero-order valence-corrected chi connectivity index (χ0v) is 11.5. The van der Waals surface area contributed by atoms with E-state index in [2.05, 4.69) is 30.1 Å². The summed E-state index contributed by atoms with van der Waals surface area (Å²) in [7, 11) is 0.967. The summed E-state index contributed by atoms with van der Waals surface area (Å²) in [5, 5.41) is 0.847. The van der Waals surface area contributed by atoms with Crippen LogP contribution < -0.4 is 0 Å². The van der Waals surface area contributed by atoms with Crippen molar-refractivity contribution in [3.05, 3.63) is 47.6 Å². The van der Waals surface area contributed by atoms with Crippen LogP contribution in [0.5, 0.6) is 0 Å². The second-order valence-electron chi connectivity index (χ2n) is 4.64. The van der Waals surface area contributed by atoms with Crippen molar-refractivity contribution in [2.45, 2.75) is 18.6 Å². The number of rotatable bonds is 1. The van der Waals surface area contributed by atoms with Crippen LogP contribution in [0.1, 0.15) is 13.3 Å². The summed E-state index contributed by atoms with van der Waals surface area (Å²) in [6, 6.07) is 0. The average Bonchev–Trinajstić information content (AvgIpc) is 2.70. The number of methoxy groups -OCH3 is 1. The van der Waals surface area contributed by atoms with E-state index in [1.54, 1.807) is 0 Å². The maximum Gasteiger partial charge on any atom is 0.337 e. The highest BCUT2D eigenvalue weighted by Gasteiger charge is 2.56. The molecule has 3 heterocycles. The highest BCUT2D eigenvalue weighted by atomic mass is 31.1. The van der Waals surface area contributed by atoms with Crippen LogP contribution in [0.2, 0.25) is 0 Å². The molecule has 0 aromatic rings. The van der Waals surface area contributed by atoms with Crippen LogP contribution in [0.4, 0.5) is 0 Å². The fourth-order valence-electron chi connectivity index (χ4n) is 2.99. The number of carbonyl (C=O) groups excluding carboxylic acids is 1. The lowest BCUT2D eigenvalue weighted by Gasteiger charge is -2.42. The first-order valence-electron chi connectivity index (χ1n) is 6.08. The predicted molar refractivity (Wildman–Crippen MR) is 73.1 cm³/mol. The fraction of sp³-hybridized carbons (Fsp3) is 0.357. The van der Waals surface area contributed by atoms with E-state index in [1.807, 2.05) is 18.4 Å². The SMILES string of the molecule is COC(=O)[C@@]12CC=CCP1C(C)=C1C=CC=CN12. The predicted octanol–water partition coefficient (Wildman–Crippen LogP) is 2.93. The van der Waals surface area contributed by atoms with Crippen LogP contribution in [0.15, 0.2) is 47.6 Å². The largest absolute Gasteiger partial charge is 0.467 e. The standard InChI is InChI=1S/C14H16NO2P/c1-11-12-7-3-5-9-15(12)14(13(16)17-2)8-4-6-10-18(11)14/h3-7,9H,8,10H2,1-2H3/t14-,18?/m1/s1. The lowest BCUT2D eigenvalue weighted by atomic mass is 10.1. The Morgan fingerprint density at radius 3 is 3.06 bits per heavy atom. The van der Waals surface area contributed by atoms with Crippen LogP contribution >= 0.6 is 7.92 Å². The van der Waals surface area contributed by atoms with E-state index < -0.39 is 13.2 Å². The van der Waals surface area contributed by atoms with E-state index >= 15 is 0 Å². The zero-order valence-electron chi connectivity index (χ0n) is 10.6. The molecule has 4 heteroatoms. The number of fused-ring (bicyclic) bond motifs is 3. The Balaban J connectivity index is 2.15. The number of allylic oxidation sites excluding steroid dienone is 5. The van der Waals surface area contributed by atoms with E-state index in [4.69, 9.17) is 4.74 Å². The van der Waals surface area contributed by atoms with Crippen molar-refractivity contribution in [1.29, 1.82) is 0 Å². The Kier molecular flexibility index (Phi) is 2.67. The first kappa shape index (κ1) is 11.7. The van der Waals surface area contributed by atoms with Gasteiger partial charge in [-0.1, -0.05) is 18.2 Å². The lowest BCUT2D eigenvalue weighted by molar-refractivity contribution is -0.147. The Bertz CT molecular complexity index is 518. The van der Waals surface area contributed by atoms with Gasteiger partial charge in [0.15, 0.2) is 5.28 Å². The Labute approximate surface area is 108 Å². The van der Waals surface area contributed by atoms with Gasteiger partial charge >= 0.3 is 5.97 Å². The molecule has 0 spiro atoms. The van der Waals surface area contributed by atoms with Crippen LogP contribution in [0, 0.1) is 0 Å². The van der Waals surface area contributed by atoms with Gasteiger partial charge in [-0.05, 0) is 38.5 Å². The van der Waals surface area contributed by atoms with Crippen molar-refractivity contribution >= 4 is 13.9 Å². The highest BCUT2D eigenvalue weighted by Crippen LogP contribution is 2.68. The van der Waals surface area contributed by atoms with Gasteiger partial charge in [0, 0.05) is 18.3 Å². The van der Waals surface area contributed by atoms with Crippen LogP contribution in [0.3, 0.4) is 0 Å². The van der Waals surface area contributed by atoms with E-state index in [0.29, 0.717) is 0 Å². The van der Waals surface area contributed by atoms with Crippen LogP contribution in [0.25, 0.3) is 0 Å². The molecule has 0 aromatic heterocycles. The minimum absolute atomic E-state index is 0.104. The lowest BCUT2D eigenvalue weighted by Crippen LogP contribution is -2.48. The van der Waals surface area contributed by atoms with Crippen molar-refractivity contribution in [2.24, 2.45) is 0 Å². The Morgan fingerprint density at radius 2 is 2.28 bits per heavy atom. The molecule has 0 amide bonds. The third-order valence-electron chi connectivity index (χ3n) is 3.85. The van der Waals surface area contributed by atoms with Crippen molar-refractivity contribution in [3.63, 3.8) is 0 Å². The fourth-order valence-corrected chi connectivity index (χ4v) is 6.01. The minimum atomic E-state index is -0.519. The van der Waals surface area contributed by atoms with Gasteiger partial charge < -0.3 is 9.64 Å². The molecule has 0 aromatic carbocycles. The topological polar surface area (TPSA) is 29.5 Å². The molecule has 1 unspecified atom stereocenters. The molecular weight excluding hydrogens is 245 g/mol. The molecule has 3 aliphatic heterocycles. The molecule has 3 nitrogen and oxygen atoms in total. The van der Waals surface area contributed by atoms with Gasteiger partial charge in [-0.3, -0.25) is 0 Å². The van der Waals surface area contributed by atoms with Gasteiger partial charge in [-0.25, -0.2) is 4.79 Å². The van der Waals surface area contributed by atoms with Gasteiger partial charge in [0.25, 0.3) is 0 Å². The molecule has 0 bridgehead atoms. The summed E-state index contributed by atoms with van der Waals surface area (Å²) >= 11 is 0. The van der Waals surface area contributed by atoms with E-state index in [1.165, 1.54) is 18.1 Å². The maximum atomic E-state index is 12.4. The van der Waals surface area contributed by atoms with Crippen LogP contribution in [-0.2, 0) is 9.53 Å². The second kappa shape index (κ2) is 4.10. The summed E-state index contributed by atoms with van der Waals surface area (Å²) in [6.07, 6.45) is 14.1. The molecule has 2 atom stereocenters. The van der Waals surface area contributed by atoms with E-state index in [-0.39, 0.29) is 5.97 Å². The summed E-state index contributed by atoms with van der Waals surface area (Å²) in [5.41, 5.74) is 1.18. The summed E-state index contributed by atoms with van der Waals surface area (Å²) < 4.78 is 5.11. The molecule has 0 aliphatic carbocycles. The molecule has 0 saturated heterocycles. The highest BCUT2D eigenvalue weighted by molar-refractivity contribution is 7.65. The molecule has 3 aliphatic rings. The number of carbonyl (C=O) groups is 1. The maximum absolute atomic E-state index is 12.4. The minimum Gasteiger partial charge on any atom is -0.467 e. The van der Waals surface area contributed by atoms with Crippen molar-refractivity contribution in [1.82, 2.24) is 4.90 Å². The number of esters is 1. The second-order valence-corrected chi connectivity index (χ2v) is 7.27. The van der Waals surface area contributed by atoms with Gasteiger partial charge in [0.1, 0.15) is 0 Å². The Morgan fingerprint density at radius 1 is 1.44 bits per heavy atom. The molecule has 0 saturated carbocycles. The number of ether oxygens (including phenoxy) is 1. The average molecular weight is 261 g/mol. The molecule has 18 heavy (non-hydrogen) atoms. The first-order chi connectivity index (χ1) is 8.71. The van der Waals surface area contributed by atoms with Crippen LogP contribution in [-0.4, -0.2) is 29.4 Å². The molecule has 0 radical (unpaired) electrons. The monoisotopic (exact) mass is 261 g/mol. The molecule has 94 valence electrons. The number of hydrogen-bond acceptors (Lipinski definition) is 3. The summed E-state index contributed by atoms with van der Waals surface area (Å²) in [5.74, 6) is -0.104. The third kappa shape index (κ3) is 1.31. The first-order valence-corrected chi connectivity index (χ1v) is 7.60. The normalized spacial score (nSPS) is 32.6. The van der Waals surface area contributed by atoms with Gasteiger partial charge in [-0.2, -0.15) is 0 Å². The third-order valence-corrected chi connectivity index (χ3v) is 6.94. The van der Waals surface area contributed by atoms with Gasteiger partial charge in [-0.15, -0.1) is 0 Å². The zero-order chi connectivity index (χ0) is 12.8. The van der Waals surface area contributed by atoms with Gasteiger partial charge in [0.05, 0.1) is 7.11 Å². The van der Waals surface area contributed by atoms with E-state index in [0.717, 1.165) is 12.6 Å². The molecule has 0 N–H and O–H groups in total. The van der Waals surface area contributed by atoms with Crippen molar-refractivity contribution in [2.75, 3.05) is 13.3 Å². The summed E-state index contributed by atoms with van der Waals surface area (Å²) in [6.45, 7) is 2.15. The molecule has 3 rings (SSSR count). The Hall–Kier alpha value is -1.34. The van der Waals surface area contributed by atoms with Crippen molar-refractivity contribution < 1.29 is 9.53 Å². The van der Waals surface area contributed by atoms with E-state index in [9.17, 15) is 4.79 Å². The summed E-state index contributed by atoms with van der Waals surface area (Å²) in [4.78, 5) is 14.5. The van der Waals surface area contributed by atoms with Crippen molar-refractivity contribution in [3.8, 4) is 0 Å². The smallest absolute Gasteiger partial charge is 0.337 e.